The molecule has 0 spiro atoms. The van der Waals surface area contributed by atoms with Crippen molar-refractivity contribution < 1.29 is 14.2 Å². The van der Waals surface area contributed by atoms with Gasteiger partial charge in [0.1, 0.15) is 12.1 Å². The van der Waals surface area contributed by atoms with E-state index in [0.717, 1.165) is 12.0 Å². The SMILES string of the molecule is COCCOCCCOc1ncnc(N)c1C(C)C. The van der Waals surface area contributed by atoms with E-state index in [0.29, 0.717) is 38.1 Å². The van der Waals surface area contributed by atoms with Gasteiger partial charge in [-0.2, -0.15) is 0 Å². The summed E-state index contributed by atoms with van der Waals surface area (Å²) < 4.78 is 15.9. The van der Waals surface area contributed by atoms with Crippen LogP contribution in [0.15, 0.2) is 6.33 Å². The van der Waals surface area contributed by atoms with E-state index >= 15 is 0 Å². The van der Waals surface area contributed by atoms with Gasteiger partial charge in [-0.05, 0) is 5.92 Å². The van der Waals surface area contributed by atoms with E-state index in [-0.39, 0.29) is 5.92 Å². The first-order valence-corrected chi connectivity index (χ1v) is 6.46. The molecule has 0 aromatic carbocycles. The van der Waals surface area contributed by atoms with Crippen LogP contribution in [-0.2, 0) is 9.47 Å². The van der Waals surface area contributed by atoms with Crippen molar-refractivity contribution in [3.8, 4) is 5.88 Å². The molecule has 0 aliphatic rings. The lowest BCUT2D eigenvalue weighted by molar-refractivity contribution is 0.0641. The molecule has 6 heteroatoms. The summed E-state index contributed by atoms with van der Waals surface area (Å²) in [6.07, 6.45) is 2.22. The number of hydrogen-bond donors (Lipinski definition) is 1. The maximum atomic E-state index is 5.84. The van der Waals surface area contributed by atoms with Gasteiger partial charge in [0.05, 0.1) is 25.4 Å². The number of aromatic nitrogens is 2. The van der Waals surface area contributed by atoms with E-state index in [2.05, 4.69) is 9.97 Å². The van der Waals surface area contributed by atoms with E-state index in [1.807, 2.05) is 13.8 Å². The second-order valence-corrected chi connectivity index (χ2v) is 4.44. The fraction of sp³-hybridized carbons (Fsp3) is 0.692. The first kappa shape index (κ1) is 15.7. The maximum Gasteiger partial charge on any atom is 0.222 e. The topological polar surface area (TPSA) is 79.5 Å². The molecule has 6 nitrogen and oxygen atoms in total. The highest BCUT2D eigenvalue weighted by Crippen LogP contribution is 2.27. The first-order valence-electron chi connectivity index (χ1n) is 6.46. The molecule has 0 fully saturated rings. The van der Waals surface area contributed by atoms with Gasteiger partial charge >= 0.3 is 0 Å². The van der Waals surface area contributed by atoms with Gasteiger partial charge in [-0.15, -0.1) is 0 Å². The summed E-state index contributed by atoms with van der Waals surface area (Å²) >= 11 is 0. The lowest BCUT2D eigenvalue weighted by atomic mass is 10.1. The molecule has 2 N–H and O–H groups in total. The Morgan fingerprint density at radius 2 is 1.95 bits per heavy atom. The molecule has 0 aliphatic heterocycles. The Kier molecular flexibility index (Phi) is 7.14. The number of nitrogens with two attached hydrogens (primary N) is 1. The Hall–Kier alpha value is -1.40. The Morgan fingerprint density at radius 1 is 1.16 bits per heavy atom. The van der Waals surface area contributed by atoms with Crippen molar-refractivity contribution in [1.29, 1.82) is 0 Å². The summed E-state index contributed by atoms with van der Waals surface area (Å²) in [5, 5.41) is 0. The summed E-state index contributed by atoms with van der Waals surface area (Å²) in [6.45, 7) is 6.48. The summed E-state index contributed by atoms with van der Waals surface area (Å²) in [7, 11) is 1.65. The monoisotopic (exact) mass is 269 g/mol. The molecule has 0 atom stereocenters. The lowest BCUT2D eigenvalue weighted by Crippen LogP contribution is -2.10. The molecule has 0 saturated heterocycles. The van der Waals surface area contributed by atoms with Crippen molar-refractivity contribution in [2.24, 2.45) is 0 Å². The van der Waals surface area contributed by atoms with Gasteiger partial charge in [0.25, 0.3) is 0 Å². The molecule has 1 heterocycles. The minimum Gasteiger partial charge on any atom is -0.477 e. The van der Waals surface area contributed by atoms with Crippen LogP contribution in [0.5, 0.6) is 5.88 Å². The summed E-state index contributed by atoms with van der Waals surface area (Å²) in [4.78, 5) is 8.12. The number of methoxy groups -OCH3 is 1. The zero-order chi connectivity index (χ0) is 14.1. The lowest BCUT2D eigenvalue weighted by Gasteiger charge is -2.14. The number of rotatable bonds is 9. The van der Waals surface area contributed by atoms with Gasteiger partial charge in [0, 0.05) is 20.1 Å². The average molecular weight is 269 g/mol. The third-order valence-corrected chi connectivity index (χ3v) is 2.56. The zero-order valence-corrected chi connectivity index (χ0v) is 11.9. The van der Waals surface area contributed by atoms with Crippen LogP contribution < -0.4 is 10.5 Å². The number of nitrogen functional groups attached to an aromatic ring is 1. The van der Waals surface area contributed by atoms with Gasteiger partial charge in [-0.1, -0.05) is 13.8 Å². The molecule has 0 amide bonds. The quantitative estimate of drug-likeness (QED) is 0.686. The van der Waals surface area contributed by atoms with E-state index in [4.69, 9.17) is 19.9 Å². The normalized spacial score (nSPS) is 10.9. The predicted octanol–water partition coefficient (Wildman–Crippen LogP) is 1.61. The molecule has 1 aromatic rings. The third-order valence-electron chi connectivity index (χ3n) is 2.56. The number of ether oxygens (including phenoxy) is 3. The summed E-state index contributed by atoms with van der Waals surface area (Å²) in [6, 6.07) is 0. The molecule has 108 valence electrons. The van der Waals surface area contributed by atoms with Crippen LogP contribution in [-0.4, -0.2) is 43.5 Å². The standard InChI is InChI=1S/C13H23N3O3/c1-10(2)11-12(14)15-9-16-13(11)19-6-4-5-18-8-7-17-3/h9-10H,4-8H2,1-3H3,(H2,14,15,16). The highest BCUT2D eigenvalue weighted by Gasteiger charge is 2.13. The minimum absolute atomic E-state index is 0.231. The largest absolute Gasteiger partial charge is 0.477 e. The second-order valence-electron chi connectivity index (χ2n) is 4.44. The van der Waals surface area contributed by atoms with Gasteiger partial charge in [0.15, 0.2) is 0 Å². The summed E-state index contributed by atoms with van der Waals surface area (Å²) in [5.41, 5.74) is 6.70. The van der Waals surface area contributed by atoms with Crippen LogP contribution in [0.2, 0.25) is 0 Å². The van der Waals surface area contributed by atoms with Crippen LogP contribution in [0.3, 0.4) is 0 Å². The van der Waals surface area contributed by atoms with E-state index < -0.39 is 0 Å². The van der Waals surface area contributed by atoms with Crippen molar-refractivity contribution in [1.82, 2.24) is 9.97 Å². The molecular weight excluding hydrogens is 246 g/mol. The van der Waals surface area contributed by atoms with E-state index in [1.54, 1.807) is 7.11 Å². The van der Waals surface area contributed by atoms with Crippen molar-refractivity contribution in [2.75, 3.05) is 39.3 Å². The van der Waals surface area contributed by atoms with E-state index in [1.165, 1.54) is 6.33 Å². The fourth-order valence-electron chi connectivity index (χ4n) is 1.62. The van der Waals surface area contributed by atoms with Gasteiger partial charge in [-0.3, -0.25) is 0 Å². The molecule has 19 heavy (non-hydrogen) atoms. The molecule has 1 rings (SSSR count). The van der Waals surface area contributed by atoms with Gasteiger partial charge in [0.2, 0.25) is 5.88 Å². The van der Waals surface area contributed by atoms with Crippen LogP contribution in [0.4, 0.5) is 5.82 Å². The third kappa shape index (κ3) is 5.40. The molecule has 0 aliphatic carbocycles. The van der Waals surface area contributed by atoms with Gasteiger partial charge < -0.3 is 19.9 Å². The maximum absolute atomic E-state index is 5.84. The van der Waals surface area contributed by atoms with Crippen molar-refractivity contribution in [2.45, 2.75) is 26.2 Å². The minimum atomic E-state index is 0.231. The van der Waals surface area contributed by atoms with Crippen LogP contribution in [0.1, 0.15) is 31.7 Å². The Balaban J connectivity index is 2.35. The van der Waals surface area contributed by atoms with Crippen molar-refractivity contribution >= 4 is 5.82 Å². The highest BCUT2D eigenvalue weighted by atomic mass is 16.5. The number of nitrogens with zero attached hydrogens (tertiary/aromatic N) is 2. The molecule has 0 radical (unpaired) electrons. The molecule has 0 saturated carbocycles. The Morgan fingerprint density at radius 3 is 2.63 bits per heavy atom. The van der Waals surface area contributed by atoms with Crippen molar-refractivity contribution in [3.63, 3.8) is 0 Å². The van der Waals surface area contributed by atoms with Crippen LogP contribution in [0, 0.1) is 0 Å². The fourth-order valence-corrected chi connectivity index (χ4v) is 1.62. The van der Waals surface area contributed by atoms with Crippen molar-refractivity contribution in [3.05, 3.63) is 11.9 Å². The van der Waals surface area contributed by atoms with E-state index in [9.17, 15) is 0 Å². The second kappa shape index (κ2) is 8.66. The average Bonchev–Trinajstić information content (AvgIpc) is 2.37. The van der Waals surface area contributed by atoms with Gasteiger partial charge in [-0.25, -0.2) is 9.97 Å². The molecular formula is C13H23N3O3. The number of hydrogen-bond acceptors (Lipinski definition) is 6. The molecule has 0 bridgehead atoms. The van der Waals surface area contributed by atoms with Crippen LogP contribution in [0.25, 0.3) is 0 Å². The summed E-state index contributed by atoms with van der Waals surface area (Å²) in [5.74, 6) is 1.28. The first-order chi connectivity index (χ1) is 9.16. The number of anilines is 1. The highest BCUT2D eigenvalue weighted by molar-refractivity contribution is 5.46. The Bertz CT molecular complexity index is 372. The predicted molar refractivity (Wildman–Crippen MR) is 73.3 cm³/mol. The van der Waals surface area contributed by atoms with Crippen LogP contribution >= 0.6 is 0 Å². The molecule has 1 aromatic heterocycles. The Labute approximate surface area is 114 Å². The smallest absolute Gasteiger partial charge is 0.222 e. The zero-order valence-electron chi connectivity index (χ0n) is 11.9. The molecule has 0 unspecified atom stereocenters.